The number of hydrogen-bond acceptors (Lipinski definition) is 5. The van der Waals surface area contributed by atoms with Crippen LogP contribution in [0, 0.1) is 0 Å². The molecule has 0 aliphatic heterocycles. The van der Waals surface area contributed by atoms with Gasteiger partial charge in [-0.05, 0) is 5.56 Å². The standard InChI is InChI=1S/C13H12N4O5/c18-12(19)16-10-9(11(15-7-14-10)17-13(20)21)22-6-8-4-2-1-3-5-8/h1-5,7H,6H2,(H,18,19)(H,20,21)(H2,14,15,16,17). The van der Waals surface area contributed by atoms with Crippen LogP contribution in [0.25, 0.3) is 0 Å². The van der Waals surface area contributed by atoms with Gasteiger partial charge in [0.05, 0.1) is 0 Å². The summed E-state index contributed by atoms with van der Waals surface area (Å²) in [5.74, 6) is -0.402. The van der Waals surface area contributed by atoms with Crippen LogP contribution in [0.3, 0.4) is 0 Å². The molecular weight excluding hydrogens is 292 g/mol. The molecule has 9 heteroatoms. The summed E-state index contributed by atoms with van der Waals surface area (Å²) in [4.78, 5) is 29.0. The molecule has 1 heterocycles. The first-order valence-corrected chi connectivity index (χ1v) is 6.08. The predicted octanol–water partition coefficient (Wildman–Crippen LogP) is 2.24. The molecule has 0 fully saturated rings. The summed E-state index contributed by atoms with van der Waals surface area (Å²) < 4.78 is 5.48. The van der Waals surface area contributed by atoms with Crippen molar-refractivity contribution in [2.24, 2.45) is 0 Å². The third-order valence-electron chi connectivity index (χ3n) is 2.48. The van der Waals surface area contributed by atoms with Crippen molar-refractivity contribution in [3.63, 3.8) is 0 Å². The van der Waals surface area contributed by atoms with Gasteiger partial charge in [-0.25, -0.2) is 19.6 Å². The predicted molar refractivity (Wildman–Crippen MR) is 76.1 cm³/mol. The number of aromatic nitrogens is 2. The molecule has 2 rings (SSSR count). The van der Waals surface area contributed by atoms with Gasteiger partial charge in [0.15, 0.2) is 11.6 Å². The van der Waals surface area contributed by atoms with Gasteiger partial charge in [-0.1, -0.05) is 30.3 Å². The molecule has 0 atom stereocenters. The summed E-state index contributed by atoms with van der Waals surface area (Å²) in [7, 11) is 0. The summed E-state index contributed by atoms with van der Waals surface area (Å²) in [5, 5.41) is 21.6. The van der Waals surface area contributed by atoms with Gasteiger partial charge >= 0.3 is 12.2 Å². The highest BCUT2D eigenvalue weighted by Gasteiger charge is 2.17. The monoisotopic (exact) mass is 304 g/mol. The fourth-order valence-corrected chi connectivity index (χ4v) is 1.62. The van der Waals surface area contributed by atoms with E-state index < -0.39 is 12.2 Å². The second-order valence-corrected chi connectivity index (χ2v) is 4.03. The van der Waals surface area contributed by atoms with Gasteiger partial charge in [0.1, 0.15) is 12.9 Å². The number of nitrogens with zero attached hydrogens (tertiary/aromatic N) is 2. The van der Waals surface area contributed by atoms with E-state index in [1.165, 1.54) is 0 Å². The zero-order valence-electron chi connectivity index (χ0n) is 11.2. The smallest absolute Gasteiger partial charge is 0.410 e. The first kappa shape index (κ1) is 15.0. The third-order valence-corrected chi connectivity index (χ3v) is 2.48. The Morgan fingerprint density at radius 3 is 2.05 bits per heavy atom. The Bertz CT molecular complexity index is 643. The molecule has 22 heavy (non-hydrogen) atoms. The zero-order valence-corrected chi connectivity index (χ0v) is 11.2. The molecule has 114 valence electrons. The molecule has 0 aliphatic rings. The van der Waals surface area contributed by atoms with Crippen LogP contribution in [0.15, 0.2) is 36.7 Å². The number of rotatable bonds is 5. The molecule has 9 nitrogen and oxygen atoms in total. The number of amides is 2. The van der Waals surface area contributed by atoms with E-state index in [0.717, 1.165) is 11.9 Å². The first-order valence-electron chi connectivity index (χ1n) is 6.08. The van der Waals surface area contributed by atoms with E-state index in [9.17, 15) is 9.59 Å². The van der Waals surface area contributed by atoms with Crippen molar-refractivity contribution in [1.29, 1.82) is 0 Å². The van der Waals surface area contributed by atoms with Gasteiger partial charge < -0.3 is 14.9 Å². The van der Waals surface area contributed by atoms with Gasteiger partial charge in [0.2, 0.25) is 5.75 Å². The number of hydrogen-bond donors (Lipinski definition) is 4. The molecule has 4 N–H and O–H groups in total. The Morgan fingerprint density at radius 2 is 1.55 bits per heavy atom. The molecular formula is C13H12N4O5. The maximum absolute atomic E-state index is 10.8. The van der Waals surface area contributed by atoms with Crippen molar-refractivity contribution >= 4 is 23.8 Å². The second kappa shape index (κ2) is 6.88. The van der Waals surface area contributed by atoms with E-state index >= 15 is 0 Å². The van der Waals surface area contributed by atoms with Crippen molar-refractivity contribution in [1.82, 2.24) is 9.97 Å². The third kappa shape index (κ3) is 4.07. The minimum atomic E-state index is -1.36. The Hall–Kier alpha value is -3.36. The first-order chi connectivity index (χ1) is 10.6. The van der Waals surface area contributed by atoms with E-state index in [-0.39, 0.29) is 24.0 Å². The summed E-state index contributed by atoms with van der Waals surface area (Å²) in [6.07, 6.45) is -1.69. The zero-order chi connectivity index (χ0) is 15.9. The minimum absolute atomic E-state index is 0.0941. The highest BCUT2D eigenvalue weighted by Crippen LogP contribution is 2.30. The van der Waals surface area contributed by atoms with Crippen molar-refractivity contribution in [2.75, 3.05) is 10.6 Å². The molecule has 0 aliphatic carbocycles. The van der Waals surface area contributed by atoms with E-state index in [1.54, 1.807) is 12.1 Å². The fraction of sp³-hybridized carbons (Fsp3) is 0.0769. The Morgan fingerprint density at radius 1 is 1.00 bits per heavy atom. The van der Waals surface area contributed by atoms with Crippen molar-refractivity contribution in [3.05, 3.63) is 42.2 Å². The van der Waals surface area contributed by atoms with Crippen molar-refractivity contribution in [3.8, 4) is 5.75 Å². The maximum Gasteiger partial charge on any atom is 0.410 e. The molecule has 0 radical (unpaired) electrons. The van der Waals surface area contributed by atoms with Crippen molar-refractivity contribution in [2.45, 2.75) is 6.61 Å². The van der Waals surface area contributed by atoms with E-state index in [4.69, 9.17) is 14.9 Å². The van der Waals surface area contributed by atoms with Crippen molar-refractivity contribution < 1.29 is 24.5 Å². The van der Waals surface area contributed by atoms with Gasteiger partial charge in [0, 0.05) is 0 Å². The Kier molecular flexibility index (Phi) is 4.70. The summed E-state index contributed by atoms with van der Waals surface area (Å²) in [6.45, 7) is 0.0941. The quantitative estimate of drug-likeness (QED) is 0.665. The Labute approximate surface area is 124 Å². The topological polar surface area (TPSA) is 134 Å². The lowest BCUT2D eigenvalue weighted by Gasteiger charge is -2.13. The van der Waals surface area contributed by atoms with Crippen LogP contribution < -0.4 is 15.4 Å². The lowest BCUT2D eigenvalue weighted by Crippen LogP contribution is -2.15. The summed E-state index contributed by atoms with van der Waals surface area (Å²) in [5.41, 5.74) is 0.814. The molecule has 1 aromatic heterocycles. The minimum Gasteiger partial charge on any atom is -0.482 e. The SMILES string of the molecule is O=C(O)Nc1ncnc(NC(=O)O)c1OCc1ccccc1. The van der Waals surface area contributed by atoms with Crippen LogP contribution >= 0.6 is 0 Å². The largest absolute Gasteiger partial charge is 0.482 e. The number of carbonyl (C=O) groups is 2. The van der Waals surface area contributed by atoms with Gasteiger partial charge in [-0.15, -0.1) is 0 Å². The molecule has 0 saturated heterocycles. The number of ether oxygens (including phenoxy) is 1. The van der Waals surface area contributed by atoms with E-state index in [1.807, 2.05) is 28.8 Å². The number of carboxylic acid groups (broad SMARTS) is 2. The van der Waals surface area contributed by atoms with Gasteiger partial charge in [0.25, 0.3) is 0 Å². The summed E-state index contributed by atoms with van der Waals surface area (Å²) >= 11 is 0. The van der Waals surface area contributed by atoms with Crippen LogP contribution in [0.2, 0.25) is 0 Å². The maximum atomic E-state index is 10.8. The average Bonchev–Trinajstić information content (AvgIpc) is 2.46. The van der Waals surface area contributed by atoms with Crippen LogP contribution in [0.4, 0.5) is 21.2 Å². The molecule has 0 unspecified atom stereocenters. The highest BCUT2D eigenvalue weighted by atomic mass is 16.5. The highest BCUT2D eigenvalue weighted by molar-refractivity contribution is 5.89. The van der Waals surface area contributed by atoms with Crippen LogP contribution in [0.1, 0.15) is 5.56 Å². The normalized spacial score (nSPS) is 9.82. The lowest BCUT2D eigenvalue weighted by molar-refractivity contribution is 0.208. The van der Waals surface area contributed by atoms with Crippen LogP contribution in [-0.2, 0) is 6.61 Å². The lowest BCUT2D eigenvalue weighted by atomic mass is 10.2. The summed E-state index contributed by atoms with van der Waals surface area (Å²) in [6, 6.07) is 9.07. The van der Waals surface area contributed by atoms with E-state index in [0.29, 0.717) is 0 Å². The molecule has 2 aromatic rings. The van der Waals surface area contributed by atoms with Crippen LogP contribution in [0.5, 0.6) is 5.75 Å². The molecule has 0 saturated carbocycles. The Balaban J connectivity index is 2.27. The second-order valence-electron chi connectivity index (χ2n) is 4.03. The van der Waals surface area contributed by atoms with Crippen LogP contribution in [-0.4, -0.2) is 32.4 Å². The molecule has 2 amide bonds. The molecule has 1 aromatic carbocycles. The average molecular weight is 304 g/mol. The number of anilines is 2. The molecule has 0 bridgehead atoms. The van der Waals surface area contributed by atoms with Gasteiger partial charge in [-0.2, -0.15) is 0 Å². The number of nitrogens with one attached hydrogen (secondary N) is 2. The number of benzene rings is 1. The van der Waals surface area contributed by atoms with E-state index in [2.05, 4.69) is 9.97 Å². The van der Waals surface area contributed by atoms with Gasteiger partial charge in [-0.3, -0.25) is 10.6 Å². The molecule has 0 spiro atoms. The fourth-order valence-electron chi connectivity index (χ4n) is 1.62.